The first-order valence-corrected chi connectivity index (χ1v) is 4.48. The first-order valence-electron chi connectivity index (χ1n) is 4.48. The number of β-amino-alcohol motifs (C(OH)–C–C–N with tert-alkyl or cyclic N) is 1. The molecule has 2 nitrogen and oxygen atoms in total. The summed E-state index contributed by atoms with van der Waals surface area (Å²) < 4.78 is 0. The third kappa shape index (κ3) is 2.70. The lowest BCUT2D eigenvalue weighted by atomic mass is 10.2. The zero-order chi connectivity index (χ0) is 8.97. The van der Waals surface area contributed by atoms with Crippen molar-refractivity contribution in [1.82, 2.24) is 4.90 Å². The molecule has 1 atom stereocenters. The summed E-state index contributed by atoms with van der Waals surface area (Å²) in [5.41, 5.74) is 1.35. The molecule has 0 spiro atoms. The summed E-state index contributed by atoms with van der Waals surface area (Å²) in [6.45, 7) is 5.81. The summed E-state index contributed by atoms with van der Waals surface area (Å²) in [6.07, 6.45) is 6.80. The van der Waals surface area contributed by atoms with E-state index in [-0.39, 0.29) is 6.10 Å². The van der Waals surface area contributed by atoms with Crippen LogP contribution in [0.1, 0.15) is 20.3 Å². The van der Waals surface area contributed by atoms with Crippen LogP contribution in [0.15, 0.2) is 23.9 Å². The van der Waals surface area contributed by atoms with E-state index in [9.17, 15) is 5.11 Å². The van der Waals surface area contributed by atoms with Crippen molar-refractivity contribution in [3.05, 3.63) is 23.9 Å². The number of aliphatic hydroxyl groups excluding tert-OH is 1. The highest BCUT2D eigenvalue weighted by atomic mass is 16.3. The van der Waals surface area contributed by atoms with Crippen molar-refractivity contribution in [1.29, 1.82) is 0 Å². The Morgan fingerprint density at radius 1 is 1.67 bits per heavy atom. The van der Waals surface area contributed by atoms with Gasteiger partial charge in [0.1, 0.15) is 0 Å². The fourth-order valence-corrected chi connectivity index (χ4v) is 1.28. The minimum absolute atomic E-state index is 0.194. The summed E-state index contributed by atoms with van der Waals surface area (Å²) in [5, 5.41) is 9.40. The second-order valence-corrected chi connectivity index (χ2v) is 3.35. The smallest absolute Gasteiger partial charge is 0.0712 e. The summed E-state index contributed by atoms with van der Waals surface area (Å²) in [7, 11) is 0. The number of hydrogen-bond donors (Lipinski definition) is 1. The van der Waals surface area contributed by atoms with E-state index in [4.69, 9.17) is 0 Å². The highest BCUT2D eigenvalue weighted by Gasteiger charge is 2.08. The lowest BCUT2D eigenvalue weighted by Crippen LogP contribution is -2.30. The molecule has 0 saturated carbocycles. The molecule has 0 aromatic rings. The van der Waals surface area contributed by atoms with E-state index >= 15 is 0 Å². The van der Waals surface area contributed by atoms with Crippen LogP contribution in [0, 0.1) is 0 Å². The molecule has 1 heterocycles. The molecule has 1 N–H and O–H groups in total. The Kier molecular flexibility index (Phi) is 3.35. The Bertz CT molecular complexity index is 196. The number of rotatable bonds is 3. The van der Waals surface area contributed by atoms with Gasteiger partial charge in [0.25, 0.3) is 0 Å². The molecule has 0 bridgehead atoms. The molecule has 12 heavy (non-hydrogen) atoms. The standard InChI is InChI=1S/C10H17NO/c1-3-10(12)8-11-6-4-5-9(2)7-11/h4-6,10,12H,3,7-8H2,1-2H3. The van der Waals surface area contributed by atoms with E-state index in [0.29, 0.717) is 0 Å². The van der Waals surface area contributed by atoms with Crippen molar-refractivity contribution in [2.75, 3.05) is 13.1 Å². The molecule has 1 aliphatic heterocycles. The molecule has 0 aromatic heterocycles. The molecule has 68 valence electrons. The van der Waals surface area contributed by atoms with E-state index in [1.165, 1.54) is 5.57 Å². The van der Waals surface area contributed by atoms with E-state index in [0.717, 1.165) is 19.5 Å². The lowest BCUT2D eigenvalue weighted by molar-refractivity contribution is 0.134. The van der Waals surface area contributed by atoms with Crippen LogP contribution in [0.2, 0.25) is 0 Å². The van der Waals surface area contributed by atoms with Gasteiger partial charge in [-0.15, -0.1) is 0 Å². The van der Waals surface area contributed by atoms with Gasteiger partial charge in [0, 0.05) is 13.1 Å². The quantitative estimate of drug-likeness (QED) is 0.689. The highest BCUT2D eigenvalue weighted by molar-refractivity contribution is 5.16. The zero-order valence-corrected chi connectivity index (χ0v) is 7.83. The number of aliphatic hydroxyl groups is 1. The van der Waals surface area contributed by atoms with Crippen LogP contribution in [-0.4, -0.2) is 29.2 Å². The van der Waals surface area contributed by atoms with Gasteiger partial charge in [0.15, 0.2) is 0 Å². The zero-order valence-electron chi connectivity index (χ0n) is 7.83. The van der Waals surface area contributed by atoms with E-state index < -0.39 is 0 Å². The number of hydrogen-bond acceptors (Lipinski definition) is 2. The van der Waals surface area contributed by atoms with Crippen LogP contribution in [-0.2, 0) is 0 Å². The van der Waals surface area contributed by atoms with E-state index in [1.807, 2.05) is 19.2 Å². The van der Waals surface area contributed by atoms with Crippen molar-refractivity contribution >= 4 is 0 Å². The van der Waals surface area contributed by atoms with E-state index in [2.05, 4.69) is 17.9 Å². The van der Waals surface area contributed by atoms with Gasteiger partial charge < -0.3 is 10.0 Å². The van der Waals surface area contributed by atoms with Gasteiger partial charge in [-0.2, -0.15) is 0 Å². The van der Waals surface area contributed by atoms with Gasteiger partial charge in [0.2, 0.25) is 0 Å². The molecule has 2 heteroatoms. The number of nitrogens with zero attached hydrogens (tertiary/aromatic N) is 1. The van der Waals surface area contributed by atoms with Gasteiger partial charge in [-0.05, 0) is 25.6 Å². The largest absolute Gasteiger partial charge is 0.391 e. The van der Waals surface area contributed by atoms with Gasteiger partial charge in [-0.1, -0.05) is 18.6 Å². The van der Waals surface area contributed by atoms with Gasteiger partial charge in [-0.25, -0.2) is 0 Å². The molecule has 1 unspecified atom stereocenters. The van der Waals surface area contributed by atoms with Crippen LogP contribution in [0.4, 0.5) is 0 Å². The Hall–Kier alpha value is -0.760. The summed E-state index contributed by atoms with van der Waals surface area (Å²) in [5.74, 6) is 0. The molecule has 0 aromatic carbocycles. The molecule has 0 radical (unpaired) electrons. The maximum absolute atomic E-state index is 9.40. The first-order chi connectivity index (χ1) is 5.72. The predicted octanol–water partition coefficient (Wildman–Crippen LogP) is 1.53. The van der Waals surface area contributed by atoms with Crippen molar-refractivity contribution in [3.8, 4) is 0 Å². The highest BCUT2D eigenvalue weighted by Crippen LogP contribution is 2.07. The minimum atomic E-state index is -0.194. The van der Waals surface area contributed by atoms with Crippen molar-refractivity contribution in [3.63, 3.8) is 0 Å². The summed E-state index contributed by atoms with van der Waals surface area (Å²) in [6, 6.07) is 0. The molecule has 0 amide bonds. The van der Waals surface area contributed by atoms with Crippen molar-refractivity contribution in [2.45, 2.75) is 26.4 Å². The third-order valence-corrected chi connectivity index (χ3v) is 2.05. The number of allylic oxidation sites excluding steroid dienone is 2. The molecular formula is C10H17NO. The monoisotopic (exact) mass is 167 g/mol. The van der Waals surface area contributed by atoms with Crippen LogP contribution < -0.4 is 0 Å². The topological polar surface area (TPSA) is 23.5 Å². The molecule has 1 aliphatic rings. The molecular weight excluding hydrogens is 150 g/mol. The molecule has 0 saturated heterocycles. The maximum atomic E-state index is 9.40. The van der Waals surface area contributed by atoms with Crippen LogP contribution >= 0.6 is 0 Å². The predicted molar refractivity (Wildman–Crippen MR) is 50.8 cm³/mol. The fourth-order valence-electron chi connectivity index (χ4n) is 1.28. The summed E-state index contributed by atoms with van der Waals surface area (Å²) in [4.78, 5) is 2.14. The second kappa shape index (κ2) is 4.31. The summed E-state index contributed by atoms with van der Waals surface area (Å²) >= 11 is 0. The van der Waals surface area contributed by atoms with Crippen LogP contribution in [0.3, 0.4) is 0 Å². The van der Waals surface area contributed by atoms with E-state index in [1.54, 1.807) is 0 Å². The van der Waals surface area contributed by atoms with Crippen molar-refractivity contribution < 1.29 is 5.11 Å². The first kappa shape index (κ1) is 9.33. The second-order valence-electron chi connectivity index (χ2n) is 3.35. The van der Waals surface area contributed by atoms with Gasteiger partial charge >= 0.3 is 0 Å². The molecule has 0 aliphatic carbocycles. The fraction of sp³-hybridized carbons (Fsp3) is 0.600. The molecule has 1 rings (SSSR count). The van der Waals surface area contributed by atoms with Crippen LogP contribution in [0.5, 0.6) is 0 Å². The average molecular weight is 167 g/mol. The minimum Gasteiger partial charge on any atom is -0.391 e. The van der Waals surface area contributed by atoms with Crippen molar-refractivity contribution in [2.24, 2.45) is 0 Å². The Balaban J connectivity index is 2.36. The van der Waals surface area contributed by atoms with Gasteiger partial charge in [0.05, 0.1) is 6.10 Å². The maximum Gasteiger partial charge on any atom is 0.0712 e. The Labute approximate surface area is 74.2 Å². The SMILES string of the molecule is CCC(O)CN1C=CC=C(C)C1. The Morgan fingerprint density at radius 2 is 2.42 bits per heavy atom. The Morgan fingerprint density at radius 3 is 3.00 bits per heavy atom. The third-order valence-electron chi connectivity index (χ3n) is 2.05. The van der Waals surface area contributed by atoms with Crippen LogP contribution in [0.25, 0.3) is 0 Å². The lowest BCUT2D eigenvalue weighted by Gasteiger charge is -2.25. The normalized spacial score (nSPS) is 19.2. The van der Waals surface area contributed by atoms with Gasteiger partial charge in [-0.3, -0.25) is 0 Å². The molecule has 0 fully saturated rings. The average Bonchev–Trinajstić information content (AvgIpc) is 2.04.